The summed E-state index contributed by atoms with van der Waals surface area (Å²) in [5, 5.41) is 3.26. The summed E-state index contributed by atoms with van der Waals surface area (Å²) in [5.74, 6) is -2.51. The van der Waals surface area contributed by atoms with Gasteiger partial charge in [-0.25, -0.2) is 4.79 Å². The van der Waals surface area contributed by atoms with Gasteiger partial charge in [0.2, 0.25) is 0 Å². The van der Waals surface area contributed by atoms with E-state index in [1.54, 1.807) is 0 Å². The topological polar surface area (TPSA) is 90.9 Å². The van der Waals surface area contributed by atoms with Gasteiger partial charge in [0.25, 0.3) is 0 Å². The molecule has 1 heterocycles. The molecule has 3 rings (SSSR count). The molecule has 0 amide bonds. The second-order valence-electron chi connectivity index (χ2n) is 8.18. The number of ketones is 1. The first-order chi connectivity index (χ1) is 15.3. The van der Waals surface area contributed by atoms with E-state index < -0.39 is 23.8 Å². The van der Waals surface area contributed by atoms with Gasteiger partial charge in [-0.1, -0.05) is 26.0 Å². The number of benzene rings is 1. The average molecular weight is 442 g/mol. The summed E-state index contributed by atoms with van der Waals surface area (Å²) in [6.45, 7) is 8.26. The van der Waals surface area contributed by atoms with E-state index in [2.05, 4.69) is 5.32 Å². The van der Waals surface area contributed by atoms with Crippen molar-refractivity contribution in [3.63, 3.8) is 0 Å². The molecule has 0 saturated heterocycles. The van der Waals surface area contributed by atoms with Crippen molar-refractivity contribution in [2.24, 2.45) is 11.8 Å². The Bertz CT molecular complexity index is 976. The minimum atomic E-state index is -0.913. The molecule has 1 aliphatic heterocycles. The molecule has 172 valence electrons. The van der Waals surface area contributed by atoms with E-state index in [1.165, 1.54) is 7.11 Å². The third kappa shape index (κ3) is 4.42. The molecule has 0 saturated carbocycles. The van der Waals surface area contributed by atoms with Gasteiger partial charge >= 0.3 is 11.9 Å². The van der Waals surface area contributed by atoms with Crippen LogP contribution in [-0.2, 0) is 23.9 Å². The number of rotatable bonds is 7. The van der Waals surface area contributed by atoms with Gasteiger partial charge in [0.15, 0.2) is 5.78 Å². The molecule has 0 bridgehead atoms. The predicted molar refractivity (Wildman–Crippen MR) is 119 cm³/mol. The number of hydrogen-bond donors (Lipinski definition) is 1. The van der Waals surface area contributed by atoms with Crippen LogP contribution >= 0.6 is 0 Å². The molecule has 1 N–H and O–H groups in total. The van der Waals surface area contributed by atoms with E-state index >= 15 is 0 Å². The van der Waals surface area contributed by atoms with Crippen LogP contribution in [0.1, 0.15) is 52.0 Å². The Hall–Kier alpha value is -3.09. The van der Waals surface area contributed by atoms with Gasteiger partial charge in [-0.3, -0.25) is 9.59 Å². The predicted octanol–water partition coefficient (Wildman–Crippen LogP) is 3.65. The smallest absolute Gasteiger partial charge is 0.336 e. The van der Waals surface area contributed by atoms with E-state index in [0.717, 1.165) is 11.3 Å². The van der Waals surface area contributed by atoms with Crippen LogP contribution in [0, 0.1) is 11.8 Å². The fourth-order valence-electron chi connectivity index (χ4n) is 4.51. The van der Waals surface area contributed by atoms with Crippen LogP contribution in [-0.4, -0.2) is 38.0 Å². The highest BCUT2D eigenvalue weighted by Gasteiger charge is 2.47. The van der Waals surface area contributed by atoms with Crippen LogP contribution in [0.15, 0.2) is 46.8 Å². The van der Waals surface area contributed by atoms with Gasteiger partial charge in [0.05, 0.1) is 25.9 Å². The monoisotopic (exact) mass is 441 g/mol. The molecule has 0 aromatic heterocycles. The number of dihydropyridines is 1. The van der Waals surface area contributed by atoms with E-state index in [9.17, 15) is 14.4 Å². The Balaban J connectivity index is 2.16. The van der Waals surface area contributed by atoms with Gasteiger partial charge in [-0.15, -0.1) is 0 Å². The number of esters is 2. The number of carbonyl (C=O) groups is 3. The first-order valence-electron chi connectivity index (χ1n) is 11.1. The lowest BCUT2D eigenvalue weighted by atomic mass is 9.69. The van der Waals surface area contributed by atoms with Crippen LogP contribution in [0.5, 0.6) is 5.75 Å². The lowest BCUT2D eigenvalue weighted by Gasteiger charge is -2.38. The minimum Gasteiger partial charge on any atom is -0.494 e. The van der Waals surface area contributed by atoms with Crippen LogP contribution in [0.25, 0.3) is 0 Å². The second kappa shape index (κ2) is 10.0. The first-order valence-corrected chi connectivity index (χ1v) is 11.1. The minimum absolute atomic E-state index is 0.224. The van der Waals surface area contributed by atoms with Gasteiger partial charge in [0, 0.05) is 22.9 Å². The zero-order valence-corrected chi connectivity index (χ0v) is 19.3. The van der Waals surface area contributed by atoms with Crippen molar-refractivity contribution in [3.8, 4) is 5.75 Å². The average Bonchev–Trinajstić information content (AvgIpc) is 2.76. The lowest BCUT2D eigenvalue weighted by molar-refractivity contribution is -0.151. The summed E-state index contributed by atoms with van der Waals surface area (Å²) in [6, 6.07) is 7.36. The van der Waals surface area contributed by atoms with Crippen LogP contribution < -0.4 is 10.1 Å². The largest absolute Gasteiger partial charge is 0.494 e. The highest BCUT2D eigenvalue weighted by atomic mass is 16.5. The molecular formula is C25H31NO6. The molecule has 7 heteroatoms. The molecule has 0 fully saturated rings. The fraction of sp³-hybridized carbons (Fsp3) is 0.480. The van der Waals surface area contributed by atoms with Gasteiger partial charge in [-0.2, -0.15) is 0 Å². The summed E-state index contributed by atoms with van der Waals surface area (Å²) >= 11 is 0. The molecule has 1 aromatic rings. The van der Waals surface area contributed by atoms with E-state index in [1.807, 2.05) is 52.0 Å². The maximum Gasteiger partial charge on any atom is 0.336 e. The highest BCUT2D eigenvalue weighted by molar-refractivity contribution is 6.12. The standard InChI is InChI=1S/C25H31NO6/c1-6-11-32-25(29)20-15(4)26-18-12-14(3)19(24(28)30-5)23(27)22(18)21(20)16-9-8-10-17(13-16)31-7-2/h8-10,13-14,19,21,26H,6-7,11-12H2,1-5H3/t14-,19-,21+/m0/s1. The number of carbonyl (C=O) groups excluding carboxylic acids is 3. The zero-order valence-electron chi connectivity index (χ0n) is 19.3. The normalized spacial score (nSPS) is 22.8. The zero-order chi connectivity index (χ0) is 23.4. The number of nitrogens with one attached hydrogen (secondary N) is 1. The maximum atomic E-state index is 13.6. The van der Waals surface area contributed by atoms with Crippen molar-refractivity contribution in [1.82, 2.24) is 5.32 Å². The molecule has 32 heavy (non-hydrogen) atoms. The quantitative estimate of drug-likeness (QED) is 0.510. The number of allylic oxidation sites excluding steroid dienone is 3. The van der Waals surface area contributed by atoms with Gasteiger partial charge < -0.3 is 19.5 Å². The third-order valence-corrected chi connectivity index (χ3v) is 5.90. The lowest BCUT2D eigenvalue weighted by Crippen LogP contribution is -2.43. The molecule has 3 atom stereocenters. The fourth-order valence-corrected chi connectivity index (χ4v) is 4.51. The van der Waals surface area contributed by atoms with Crippen molar-refractivity contribution < 1.29 is 28.6 Å². The Kier molecular flexibility index (Phi) is 7.38. The second-order valence-corrected chi connectivity index (χ2v) is 8.18. The Morgan fingerprint density at radius 3 is 2.62 bits per heavy atom. The number of Topliss-reactive ketones (excluding diaryl/α,β-unsaturated/α-hetero) is 1. The number of methoxy groups -OCH3 is 1. The molecule has 0 radical (unpaired) electrons. The molecule has 0 unspecified atom stereocenters. The molecule has 7 nitrogen and oxygen atoms in total. The maximum absolute atomic E-state index is 13.6. The summed E-state index contributed by atoms with van der Waals surface area (Å²) in [7, 11) is 1.28. The van der Waals surface area contributed by atoms with Crippen molar-refractivity contribution in [3.05, 3.63) is 52.4 Å². The molecule has 2 aliphatic rings. The molecular weight excluding hydrogens is 410 g/mol. The van der Waals surface area contributed by atoms with Crippen molar-refractivity contribution in [1.29, 1.82) is 0 Å². The SMILES string of the molecule is CCCOC(=O)C1=C(C)NC2=C(C(=O)[C@@H](C(=O)OC)[C@@H](C)C2)[C@@H]1c1cccc(OCC)c1. The summed E-state index contributed by atoms with van der Waals surface area (Å²) < 4.78 is 16.1. The van der Waals surface area contributed by atoms with Crippen molar-refractivity contribution >= 4 is 17.7 Å². The summed E-state index contributed by atoms with van der Waals surface area (Å²) in [4.78, 5) is 39.2. The van der Waals surface area contributed by atoms with Crippen LogP contribution in [0.2, 0.25) is 0 Å². The highest BCUT2D eigenvalue weighted by Crippen LogP contribution is 2.45. The van der Waals surface area contributed by atoms with Gasteiger partial charge in [-0.05, 0) is 50.3 Å². The Morgan fingerprint density at radius 2 is 1.97 bits per heavy atom. The van der Waals surface area contributed by atoms with Crippen molar-refractivity contribution in [2.75, 3.05) is 20.3 Å². The van der Waals surface area contributed by atoms with Crippen LogP contribution in [0.3, 0.4) is 0 Å². The number of ether oxygens (including phenoxy) is 3. The van der Waals surface area contributed by atoms with Crippen molar-refractivity contribution in [2.45, 2.75) is 46.5 Å². The molecule has 1 aromatic carbocycles. The Labute approximate surface area is 188 Å². The Morgan fingerprint density at radius 1 is 1.22 bits per heavy atom. The third-order valence-electron chi connectivity index (χ3n) is 5.90. The number of hydrogen-bond acceptors (Lipinski definition) is 7. The van der Waals surface area contributed by atoms with Gasteiger partial charge in [0.1, 0.15) is 11.7 Å². The molecule has 0 spiro atoms. The summed E-state index contributed by atoms with van der Waals surface area (Å²) in [6.07, 6.45) is 1.18. The first kappa shape index (κ1) is 23.6. The van der Waals surface area contributed by atoms with E-state index in [-0.39, 0.29) is 18.3 Å². The van der Waals surface area contributed by atoms with E-state index in [4.69, 9.17) is 14.2 Å². The summed E-state index contributed by atoms with van der Waals surface area (Å²) in [5.41, 5.74) is 2.91. The van der Waals surface area contributed by atoms with Crippen LogP contribution in [0.4, 0.5) is 0 Å². The molecule has 1 aliphatic carbocycles. The van der Waals surface area contributed by atoms with E-state index in [0.29, 0.717) is 42.0 Å².